The highest BCUT2D eigenvalue weighted by Gasteiger charge is 2.48. The number of hydrogen-bond donors (Lipinski definition) is 5. The third-order valence-electron chi connectivity index (χ3n) is 3.07. The van der Waals surface area contributed by atoms with E-state index in [-0.39, 0.29) is 19.3 Å². The van der Waals surface area contributed by atoms with Crippen LogP contribution in [-0.4, -0.2) is 55.4 Å². The Kier molecular flexibility index (Phi) is 3.90. The van der Waals surface area contributed by atoms with Crippen LogP contribution in [0.4, 0.5) is 0 Å². The lowest BCUT2D eigenvalue weighted by atomic mass is 9.73. The minimum Gasteiger partial charge on any atom is -0.479 e. The molecular weight excluding hydrogens is 216 g/mol. The van der Waals surface area contributed by atoms with Crippen LogP contribution in [0.25, 0.3) is 0 Å². The van der Waals surface area contributed by atoms with Gasteiger partial charge >= 0.3 is 5.97 Å². The Morgan fingerprint density at radius 3 is 2.44 bits per heavy atom. The first-order valence-electron chi connectivity index (χ1n) is 5.26. The first-order chi connectivity index (χ1) is 7.26. The number of rotatable bonds is 3. The molecule has 1 unspecified atom stereocenters. The Balaban J connectivity index is 2.80. The molecule has 6 nitrogen and oxygen atoms in total. The van der Waals surface area contributed by atoms with Gasteiger partial charge in [-0.2, -0.15) is 0 Å². The Labute approximate surface area is 93.2 Å². The summed E-state index contributed by atoms with van der Waals surface area (Å²) in [4.78, 5) is 10.9. The lowest BCUT2D eigenvalue weighted by molar-refractivity contribution is -0.180. The van der Waals surface area contributed by atoms with Gasteiger partial charge in [-0.3, -0.25) is 0 Å². The summed E-state index contributed by atoms with van der Waals surface area (Å²) in [6.07, 6.45) is -3.50. The standard InChI is InChI=1S/C10H18O6/c1-5(11)2-6-3-10(16,9(14)15)4-7(12)8(6)13/h5-8,11-13,16H,2-4H2,1H3,(H,14,15)/t5?,6-,7+,8+,10-/m0/s1. The van der Waals surface area contributed by atoms with E-state index in [1.807, 2.05) is 0 Å². The molecule has 1 saturated carbocycles. The van der Waals surface area contributed by atoms with Crippen LogP contribution in [0.2, 0.25) is 0 Å². The van der Waals surface area contributed by atoms with Crippen LogP contribution in [0.5, 0.6) is 0 Å². The van der Waals surface area contributed by atoms with Crippen molar-refractivity contribution in [2.75, 3.05) is 0 Å². The zero-order valence-electron chi connectivity index (χ0n) is 9.08. The molecular formula is C10H18O6. The summed E-state index contributed by atoms with van der Waals surface area (Å²) >= 11 is 0. The van der Waals surface area contributed by atoms with Gasteiger partial charge in [0.25, 0.3) is 0 Å². The molecule has 0 amide bonds. The van der Waals surface area contributed by atoms with Gasteiger partial charge < -0.3 is 25.5 Å². The molecule has 1 rings (SSSR count). The molecule has 16 heavy (non-hydrogen) atoms. The van der Waals surface area contributed by atoms with E-state index in [9.17, 15) is 25.2 Å². The van der Waals surface area contributed by atoms with Gasteiger partial charge in [-0.15, -0.1) is 0 Å². The molecule has 94 valence electrons. The summed E-state index contributed by atoms with van der Waals surface area (Å²) in [6, 6.07) is 0. The molecule has 0 aromatic heterocycles. The Bertz CT molecular complexity index is 266. The van der Waals surface area contributed by atoms with Crippen molar-refractivity contribution >= 4 is 5.97 Å². The number of hydrogen-bond acceptors (Lipinski definition) is 5. The van der Waals surface area contributed by atoms with E-state index >= 15 is 0 Å². The van der Waals surface area contributed by atoms with Gasteiger partial charge in [0.15, 0.2) is 5.60 Å². The van der Waals surface area contributed by atoms with Crippen molar-refractivity contribution in [2.45, 2.75) is 50.1 Å². The lowest BCUT2D eigenvalue weighted by Gasteiger charge is -2.40. The van der Waals surface area contributed by atoms with Gasteiger partial charge in [0.05, 0.1) is 18.3 Å². The van der Waals surface area contributed by atoms with Crippen molar-refractivity contribution in [3.05, 3.63) is 0 Å². The molecule has 5 N–H and O–H groups in total. The van der Waals surface area contributed by atoms with E-state index in [1.165, 1.54) is 6.92 Å². The van der Waals surface area contributed by atoms with Gasteiger partial charge in [0.1, 0.15) is 0 Å². The average Bonchev–Trinajstić information content (AvgIpc) is 2.12. The van der Waals surface area contributed by atoms with Crippen LogP contribution in [-0.2, 0) is 4.79 Å². The lowest BCUT2D eigenvalue weighted by Crippen LogP contribution is -2.54. The molecule has 1 aliphatic carbocycles. The fourth-order valence-electron chi connectivity index (χ4n) is 2.25. The topological polar surface area (TPSA) is 118 Å². The Hall–Kier alpha value is -0.690. The highest BCUT2D eigenvalue weighted by molar-refractivity contribution is 5.77. The largest absolute Gasteiger partial charge is 0.479 e. The first kappa shape index (κ1) is 13.4. The quantitative estimate of drug-likeness (QED) is 0.414. The monoisotopic (exact) mass is 234 g/mol. The van der Waals surface area contributed by atoms with Crippen molar-refractivity contribution in [2.24, 2.45) is 5.92 Å². The van der Waals surface area contributed by atoms with Crippen LogP contribution in [0, 0.1) is 5.92 Å². The third-order valence-corrected chi connectivity index (χ3v) is 3.07. The molecule has 0 heterocycles. The van der Waals surface area contributed by atoms with E-state index in [0.29, 0.717) is 0 Å². The number of carboxylic acids is 1. The third kappa shape index (κ3) is 2.70. The van der Waals surface area contributed by atoms with E-state index in [2.05, 4.69) is 0 Å². The second-order valence-electron chi connectivity index (χ2n) is 4.65. The SMILES string of the molecule is CC(O)C[C@H]1C[C@@](O)(C(=O)O)C[C@@H](O)[C@@H]1O. The van der Waals surface area contributed by atoms with E-state index in [0.717, 1.165) is 0 Å². The smallest absolute Gasteiger partial charge is 0.335 e. The van der Waals surface area contributed by atoms with E-state index < -0.39 is 35.8 Å². The van der Waals surface area contributed by atoms with Crippen molar-refractivity contribution in [3.63, 3.8) is 0 Å². The highest BCUT2D eigenvalue weighted by Crippen LogP contribution is 2.35. The molecule has 1 fully saturated rings. The normalized spacial score (nSPS) is 41.7. The fraction of sp³-hybridized carbons (Fsp3) is 0.900. The maximum absolute atomic E-state index is 10.9. The Morgan fingerprint density at radius 1 is 1.44 bits per heavy atom. The molecule has 0 aromatic carbocycles. The number of aliphatic hydroxyl groups excluding tert-OH is 3. The Morgan fingerprint density at radius 2 is 2.00 bits per heavy atom. The van der Waals surface area contributed by atoms with Crippen molar-refractivity contribution in [3.8, 4) is 0 Å². The van der Waals surface area contributed by atoms with Crippen LogP contribution in [0.1, 0.15) is 26.2 Å². The number of aliphatic carboxylic acids is 1. The van der Waals surface area contributed by atoms with E-state index in [4.69, 9.17) is 5.11 Å². The molecule has 6 heteroatoms. The second kappa shape index (κ2) is 4.67. The first-order valence-corrected chi connectivity index (χ1v) is 5.26. The molecule has 0 radical (unpaired) electrons. The zero-order chi connectivity index (χ0) is 12.5. The van der Waals surface area contributed by atoms with Gasteiger partial charge in [0.2, 0.25) is 0 Å². The van der Waals surface area contributed by atoms with Crippen molar-refractivity contribution < 1.29 is 30.3 Å². The molecule has 0 bridgehead atoms. The van der Waals surface area contributed by atoms with Crippen LogP contribution in [0.3, 0.4) is 0 Å². The molecule has 0 spiro atoms. The fourth-order valence-corrected chi connectivity index (χ4v) is 2.25. The molecule has 0 saturated heterocycles. The van der Waals surface area contributed by atoms with Crippen molar-refractivity contribution in [1.82, 2.24) is 0 Å². The molecule has 0 aliphatic heterocycles. The summed E-state index contributed by atoms with van der Waals surface area (Å²) in [6.45, 7) is 1.51. The predicted molar refractivity (Wildman–Crippen MR) is 53.6 cm³/mol. The van der Waals surface area contributed by atoms with Gasteiger partial charge in [0, 0.05) is 6.42 Å². The second-order valence-corrected chi connectivity index (χ2v) is 4.65. The maximum Gasteiger partial charge on any atom is 0.335 e. The number of carbonyl (C=O) groups is 1. The highest BCUT2D eigenvalue weighted by atomic mass is 16.4. The molecule has 0 aromatic rings. The minimum atomic E-state index is -2.02. The summed E-state index contributed by atoms with van der Waals surface area (Å²) < 4.78 is 0. The maximum atomic E-state index is 10.9. The number of aliphatic hydroxyl groups is 4. The summed E-state index contributed by atoms with van der Waals surface area (Å²) in [7, 11) is 0. The van der Waals surface area contributed by atoms with Crippen LogP contribution >= 0.6 is 0 Å². The van der Waals surface area contributed by atoms with Gasteiger partial charge in [-0.05, 0) is 25.7 Å². The molecule has 1 aliphatic rings. The predicted octanol–water partition coefficient (Wildman–Crippen LogP) is -1.30. The zero-order valence-corrected chi connectivity index (χ0v) is 9.08. The van der Waals surface area contributed by atoms with Gasteiger partial charge in [-0.25, -0.2) is 4.79 Å². The number of carboxylic acid groups (broad SMARTS) is 1. The van der Waals surface area contributed by atoms with Gasteiger partial charge in [-0.1, -0.05) is 0 Å². The summed E-state index contributed by atoms with van der Waals surface area (Å²) in [5, 5.41) is 46.9. The average molecular weight is 234 g/mol. The minimum absolute atomic E-state index is 0.147. The van der Waals surface area contributed by atoms with E-state index in [1.54, 1.807) is 0 Å². The van der Waals surface area contributed by atoms with Crippen LogP contribution < -0.4 is 0 Å². The van der Waals surface area contributed by atoms with Crippen molar-refractivity contribution in [1.29, 1.82) is 0 Å². The summed E-state index contributed by atoms with van der Waals surface area (Å²) in [5.41, 5.74) is -2.02. The molecule has 5 atom stereocenters. The van der Waals surface area contributed by atoms with Crippen LogP contribution in [0.15, 0.2) is 0 Å². The summed E-state index contributed by atoms with van der Waals surface area (Å²) in [5.74, 6) is -2.03.